The van der Waals surface area contributed by atoms with Gasteiger partial charge < -0.3 is 19.5 Å². The first-order chi connectivity index (χ1) is 16.6. The molecule has 2 saturated heterocycles. The maximum Gasteiger partial charge on any atom is 0.257 e. The third-order valence-corrected chi connectivity index (χ3v) is 6.93. The first kappa shape index (κ1) is 20.7. The van der Waals surface area contributed by atoms with Crippen LogP contribution in [0.4, 0.5) is 11.6 Å². The fourth-order valence-corrected chi connectivity index (χ4v) is 4.82. The fraction of sp³-hybridized carbons (Fsp3) is 0.320. The quantitative estimate of drug-likeness (QED) is 0.499. The molecule has 0 bridgehead atoms. The highest BCUT2D eigenvalue weighted by Crippen LogP contribution is 2.41. The fourth-order valence-electron chi connectivity index (χ4n) is 4.82. The van der Waals surface area contributed by atoms with Gasteiger partial charge in [-0.3, -0.25) is 4.79 Å². The number of amides is 1. The second-order valence-electron chi connectivity index (χ2n) is 9.34. The third kappa shape index (κ3) is 3.88. The molecule has 0 atom stereocenters. The molecule has 172 valence electrons. The van der Waals surface area contributed by atoms with Crippen LogP contribution in [0.1, 0.15) is 23.2 Å². The number of nitrogens with zero attached hydrogens (tertiary/aromatic N) is 6. The largest absolute Gasteiger partial charge is 0.442 e. The van der Waals surface area contributed by atoms with Gasteiger partial charge in [-0.15, -0.1) is 0 Å². The zero-order valence-corrected chi connectivity index (χ0v) is 18.9. The van der Waals surface area contributed by atoms with Crippen LogP contribution in [0.2, 0.25) is 0 Å². The Morgan fingerprint density at radius 1 is 1.09 bits per heavy atom. The number of likely N-dealkylation sites (tertiary alicyclic amines) is 1. The number of carbonyl (C=O) groups excluding carboxylic acids is 1. The van der Waals surface area contributed by atoms with Gasteiger partial charge in [0.05, 0.1) is 11.7 Å². The second-order valence-corrected chi connectivity index (χ2v) is 9.34. The van der Waals surface area contributed by atoms with Crippen molar-refractivity contribution in [3.8, 4) is 11.5 Å². The average molecular weight is 456 g/mol. The van der Waals surface area contributed by atoms with E-state index in [0.717, 1.165) is 37.4 Å². The number of hydrogen-bond donors (Lipinski definition) is 1. The maximum atomic E-state index is 13.0. The molecule has 34 heavy (non-hydrogen) atoms. The molecule has 9 heteroatoms. The van der Waals surface area contributed by atoms with Crippen LogP contribution < -0.4 is 10.2 Å². The van der Waals surface area contributed by atoms with Crippen LogP contribution in [0.25, 0.3) is 22.4 Å². The number of rotatable bonds is 4. The van der Waals surface area contributed by atoms with E-state index in [1.54, 1.807) is 30.7 Å². The standard InChI is InChI=1S/C25H25N7O2/c1-31-8-5-25(6-9-31)14-32(15-25)23-10-17(4-7-27-23)24(33)30-22-11-20-18(12-28-22)2-3-19(29-20)21-13-26-16-34-21/h2-4,7,10-13,16H,5-6,8-9,14-15H2,1H3,(H,28,30,33). The molecule has 2 aliphatic rings. The number of fused-ring (bicyclic) bond motifs is 1. The predicted molar refractivity (Wildman–Crippen MR) is 129 cm³/mol. The number of hydrogen-bond acceptors (Lipinski definition) is 8. The normalized spacial score (nSPS) is 17.6. The Hall–Kier alpha value is -3.85. The number of piperidine rings is 1. The van der Waals surface area contributed by atoms with Crippen LogP contribution >= 0.6 is 0 Å². The van der Waals surface area contributed by atoms with E-state index in [1.165, 1.54) is 19.2 Å². The topological polar surface area (TPSA) is 100 Å². The molecule has 0 aliphatic carbocycles. The van der Waals surface area contributed by atoms with Gasteiger partial charge in [0.1, 0.15) is 17.3 Å². The van der Waals surface area contributed by atoms with Gasteiger partial charge in [0.2, 0.25) is 0 Å². The minimum absolute atomic E-state index is 0.226. The molecule has 2 fully saturated rings. The Balaban J connectivity index is 1.16. The summed E-state index contributed by atoms with van der Waals surface area (Å²) in [4.78, 5) is 35.1. The SMILES string of the molecule is CN1CCC2(CC1)CN(c1cc(C(=O)Nc3cc4nc(-c5cnco5)ccc4cn3)ccn1)C2. The average Bonchev–Trinajstić information content (AvgIpc) is 3.38. The first-order valence-electron chi connectivity index (χ1n) is 11.4. The van der Waals surface area contributed by atoms with E-state index in [2.05, 4.69) is 42.1 Å². The summed E-state index contributed by atoms with van der Waals surface area (Å²) in [5.74, 6) is 1.65. The minimum atomic E-state index is -0.226. The third-order valence-electron chi connectivity index (χ3n) is 6.93. The monoisotopic (exact) mass is 455 g/mol. The van der Waals surface area contributed by atoms with E-state index >= 15 is 0 Å². The molecule has 6 rings (SSSR count). The van der Waals surface area contributed by atoms with E-state index in [9.17, 15) is 4.79 Å². The van der Waals surface area contributed by atoms with Crippen molar-refractivity contribution in [3.63, 3.8) is 0 Å². The summed E-state index contributed by atoms with van der Waals surface area (Å²) in [6, 6.07) is 9.11. The number of aromatic nitrogens is 4. The van der Waals surface area contributed by atoms with Crippen molar-refractivity contribution in [1.82, 2.24) is 24.8 Å². The van der Waals surface area contributed by atoms with Crippen LogP contribution in [-0.4, -0.2) is 64.0 Å². The van der Waals surface area contributed by atoms with E-state index in [4.69, 9.17) is 4.42 Å². The van der Waals surface area contributed by atoms with Crippen LogP contribution in [-0.2, 0) is 0 Å². The Labute approximate surface area is 196 Å². The number of carbonyl (C=O) groups is 1. The molecular weight excluding hydrogens is 430 g/mol. The lowest BCUT2D eigenvalue weighted by Crippen LogP contribution is -2.60. The molecule has 0 saturated carbocycles. The lowest BCUT2D eigenvalue weighted by molar-refractivity contribution is 0.0900. The summed E-state index contributed by atoms with van der Waals surface area (Å²) in [6.07, 6.45) is 8.83. The van der Waals surface area contributed by atoms with E-state index in [-0.39, 0.29) is 5.91 Å². The van der Waals surface area contributed by atoms with Gasteiger partial charge in [0.25, 0.3) is 5.91 Å². The lowest BCUT2D eigenvalue weighted by Gasteiger charge is -2.54. The highest BCUT2D eigenvalue weighted by Gasteiger charge is 2.44. The molecule has 1 amide bonds. The van der Waals surface area contributed by atoms with Gasteiger partial charge >= 0.3 is 0 Å². The zero-order chi connectivity index (χ0) is 23.1. The number of pyridine rings is 3. The van der Waals surface area contributed by atoms with E-state index < -0.39 is 0 Å². The maximum absolute atomic E-state index is 13.0. The summed E-state index contributed by atoms with van der Waals surface area (Å²) in [7, 11) is 2.18. The van der Waals surface area contributed by atoms with Crippen molar-refractivity contribution >= 4 is 28.4 Å². The zero-order valence-electron chi connectivity index (χ0n) is 18.9. The van der Waals surface area contributed by atoms with Crippen molar-refractivity contribution in [2.24, 2.45) is 5.41 Å². The smallest absolute Gasteiger partial charge is 0.257 e. The van der Waals surface area contributed by atoms with Crippen molar-refractivity contribution in [2.45, 2.75) is 12.8 Å². The molecule has 4 aromatic heterocycles. The molecule has 4 aromatic rings. The molecule has 6 heterocycles. The molecule has 0 aromatic carbocycles. The van der Waals surface area contributed by atoms with Gasteiger partial charge in [-0.2, -0.15) is 0 Å². The van der Waals surface area contributed by atoms with Gasteiger partial charge in [-0.05, 0) is 57.2 Å². The molecule has 2 aliphatic heterocycles. The van der Waals surface area contributed by atoms with Crippen molar-refractivity contribution in [2.75, 3.05) is 43.4 Å². The van der Waals surface area contributed by atoms with E-state index in [1.807, 2.05) is 18.2 Å². The summed E-state index contributed by atoms with van der Waals surface area (Å²) < 4.78 is 5.34. The Kier molecular flexibility index (Phi) is 4.99. The Morgan fingerprint density at radius 3 is 2.74 bits per heavy atom. The van der Waals surface area contributed by atoms with Crippen LogP contribution in [0, 0.1) is 5.41 Å². The highest BCUT2D eigenvalue weighted by atomic mass is 16.3. The molecule has 0 unspecified atom stereocenters. The Bertz CT molecular complexity index is 1340. The Morgan fingerprint density at radius 2 is 1.94 bits per heavy atom. The minimum Gasteiger partial charge on any atom is -0.442 e. The first-order valence-corrected chi connectivity index (χ1v) is 11.4. The summed E-state index contributed by atoms with van der Waals surface area (Å²) in [5.41, 5.74) is 2.33. The van der Waals surface area contributed by atoms with E-state index in [0.29, 0.717) is 33.8 Å². The van der Waals surface area contributed by atoms with Crippen molar-refractivity contribution in [3.05, 3.63) is 60.9 Å². The number of nitrogens with one attached hydrogen (secondary N) is 1. The summed E-state index contributed by atoms with van der Waals surface area (Å²) >= 11 is 0. The van der Waals surface area contributed by atoms with Crippen LogP contribution in [0.15, 0.2) is 59.7 Å². The molecule has 9 nitrogen and oxygen atoms in total. The van der Waals surface area contributed by atoms with Crippen molar-refractivity contribution < 1.29 is 9.21 Å². The van der Waals surface area contributed by atoms with Crippen LogP contribution in [0.3, 0.4) is 0 Å². The predicted octanol–water partition coefficient (Wildman–Crippen LogP) is 3.46. The molecule has 1 N–H and O–H groups in total. The number of anilines is 2. The number of oxazole rings is 1. The molecule has 0 radical (unpaired) electrons. The highest BCUT2D eigenvalue weighted by molar-refractivity contribution is 6.04. The molecular formula is C25H25N7O2. The second kappa shape index (κ2) is 8.18. The van der Waals surface area contributed by atoms with Crippen molar-refractivity contribution in [1.29, 1.82) is 0 Å². The molecule has 1 spiro atoms. The van der Waals surface area contributed by atoms with Gasteiger partial charge in [-0.25, -0.2) is 19.9 Å². The van der Waals surface area contributed by atoms with Crippen LogP contribution in [0.5, 0.6) is 0 Å². The van der Waals surface area contributed by atoms with Gasteiger partial charge in [-0.1, -0.05) is 0 Å². The summed E-state index contributed by atoms with van der Waals surface area (Å²) in [6.45, 7) is 4.31. The van der Waals surface area contributed by atoms with Gasteiger partial charge in [0.15, 0.2) is 12.2 Å². The van der Waals surface area contributed by atoms with Gasteiger partial charge in [0, 0.05) is 47.9 Å². The lowest BCUT2D eigenvalue weighted by atomic mass is 9.72. The summed E-state index contributed by atoms with van der Waals surface area (Å²) in [5, 5.41) is 3.76.